The molecule has 0 radical (unpaired) electrons. The fourth-order valence-electron chi connectivity index (χ4n) is 1.34. The Labute approximate surface area is 100 Å². The summed E-state index contributed by atoms with van der Waals surface area (Å²) in [5.41, 5.74) is 1.30. The Bertz CT molecular complexity index is 443. The predicted molar refractivity (Wildman–Crippen MR) is 64.1 cm³/mol. The van der Waals surface area contributed by atoms with Gasteiger partial charge in [-0.1, -0.05) is 18.5 Å². The lowest BCUT2D eigenvalue weighted by atomic mass is 10.1. The minimum atomic E-state index is 0.119. The lowest BCUT2D eigenvalue weighted by Crippen LogP contribution is -2.17. The van der Waals surface area contributed by atoms with Gasteiger partial charge in [0.25, 0.3) is 0 Å². The van der Waals surface area contributed by atoms with E-state index in [-0.39, 0.29) is 6.04 Å². The van der Waals surface area contributed by atoms with Gasteiger partial charge in [0.15, 0.2) is 0 Å². The van der Waals surface area contributed by atoms with Gasteiger partial charge in [0.1, 0.15) is 6.07 Å². The van der Waals surface area contributed by atoms with Gasteiger partial charge in [0.05, 0.1) is 23.1 Å². The van der Waals surface area contributed by atoms with Crippen molar-refractivity contribution in [3.05, 3.63) is 28.8 Å². The first-order valence-electron chi connectivity index (χ1n) is 5.04. The summed E-state index contributed by atoms with van der Waals surface area (Å²) in [6, 6.07) is 9.43. The highest BCUT2D eigenvalue weighted by Crippen LogP contribution is 2.21. The zero-order chi connectivity index (χ0) is 12.0. The molecule has 0 bridgehead atoms. The van der Waals surface area contributed by atoms with Crippen molar-refractivity contribution in [2.24, 2.45) is 0 Å². The second-order valence-electron chi connectivity index (χ2n) is 3.42. The Morgan fingerprint density at radius 3 is 2.69 bits per heavy atom. The van der Waals surface area contributed by atoms with Gasteiger partial charge < -0.3 is 5.32 Å². The smallest absolute Gasteiger partial charge is 0.101 e. The van der Waals surface area contributed by atoms with Gasteiger partial charge in [-0.3, -0.25) is 0 Å². The van der Waals surface area contributed by atoms with E-state index in [1.807, 2.05) is 13.0 Å². The highest BCUT2D eigenvalue weighted by molar-refractivity contribution is 6.32. The largest absolute Gasteiger partial charge is 0.381 e. The molecule has 1 aromatic carbocycles. The van der Waals surface area contributed by atoms with Gasteiger partial charge in [-0.2, -0.15) is 10.5 Å². The molecule has 0 spiro atoms. The summed E-state index contributed by atoms with van der Waals surface area (Å²) in [7, 11) is 0. The van der Waals surface area contributed by atoms with Crippen LogP contribution in [-0.4, -0.2) is 6.04 Å². The van der Waals surface area contributed by atoms with Gasteiger partial charge >= 0.3 is 0 Å². The molecule has 0 aliphatic carbocycles. The first kappa shape index (κ1) is 12.4. The molecule has 1 rings (SSSR count). The van der Waals surface area contributed by atoms with Crippen molar-refractivity contribution in [3.63, 3.8) is 0 Å². The van der Waals surface area contributed by atoms with Crippen molar-refractivity contribution in [1.82, 2.24) is 0 Å². The summed E-state index contributed by atoms with van der Waals surface area (Å²) in [5, 5.41) is 21.0. The molecule has 0 fully saturated rings. The van der Waals surface area contributed by atoms with Crippen LogP contribution in [0.1, 0.15) is 25.3 Å². The standard InChI is InChI=1S/C12H12ClN3/c1-2-10(5-6-14)16-11-4-3-9(8-15)12(13)7-11/h3-4,7,10,16H,2,5H2,1H3. The Morgan fingerprint density at radius 2 is 2.19 bits per heavy atom. The van der Waals surface area contributed by atoms with Crippen molar-refractivity contribution in [1.29, 1.82) is 10.5 Å². The molecular weight excluding hydrogens is 222 g/mol. The molecule has 0 aliphatic rings. The summed E-state index contributed by atoms with van der Waals surface area (Å²) in [6.45, 7) is 2.01. The van der Waals surface area contributed by atoms with E-state index in [4.69, 9.17) is 22.1 Å². The second-order valence-corrected chi connectivity index (χ2v) is 3.83. The Hall–Kier alpha value is -1.71. The molecule has 4 heteroatoms. The van der Waals surface area contributed by atoms with E-state index in [1.165, 1.54) is 0 Å². The minimum Gasteiger partial charge on any atom is -0.381 e. The normalized spacial score (nSPS) is 11.2. The van der Waals surface area contributed by atoms with E-state index < -0.39 is 0 Å². The van der Waals surface area contributed by atoms with Crippen LogP contribution < -0.4 is 5.32 Å². The topological polar surface area (TPSA) is 59.6 Å². The SMILES string of the molecule is CCC(CC#N)Nc1ccc(C#N)c(Cl)c1. The predicted octanol–water partition coefficient (Wildman–Crippen LogP) is 3.32. The quantitative estimate of drug-likeness (QED) is 0.868. The van der Waals surface area contributed by atoms with E-state index in [9.17, 15) is 0 Å². The lowest BCUT2D eigenvalue weighted by Gasteiger charge is -2.15. The maximum Gasteiger partial charge on any atom is 0.101 e. The highest BCUT2D eigenvalue weighted by atomic mass is 35.5. The fraction of sp³-hybridized carbons (Fsp3) is 0.333. The van der Waals surface area contributed by atoms with Crippen LogP contribution >= 0.6 is 11.6 Å². The van der Waals surface area contributed by atoms with E-state index in [1.54, 1.807) is 18.2 Å². The number of halogens is 1. The number of nitrogens with zero attached hydrogens (tertiary/aromatic N) is 2. The minimum absolute atomic E-state index is 0.119. The molecule has 0 aromatic heterocycles. The van der Waals surface area contributed by atoms with Crippen LogP contribution in [0.3, 0.4) is 0 Å². The third kappa shape index (κ3) is 3.15. The van der Waals surface area contributed by atoms with E-state index in [0.29, 0.717) is 17.0 Å². The maximum atomic E-state index is 8.72. The number of benzene rings is 1. The lowest BCUT2D eigenvalue weighted by molar-refractivity contribution is 0.711. The molecule has 0 saturated heterocycles. The van der Waals surface area contributed by atoms with Gasteiger partial charge in [-0.15, -0.1) is 0 Å². The van der Waals surface area contributed by atoms with Gasteiger partial charge in [0, 0.05) is 11.7 Å². The Balaban J connectivity index is 2.79. The van der Waals surface area contributed by atoms with Gasteiger partial charge in [0.2, 0.25) is 0 Å². The third-order valence-corrected chi connectivity index (χ3v) is 2.60. The van der Waals surface area contributed by atoms with E-state index in [2.05, 4.69) is 11.4 Å². The molecule has 16 heavy (non-hydrogen) atoms. The van der Waals surface area contributed by atoms with Crippen LogP contribution in [0.15, 0.2) is 18.2 Å². The molecule has 0 saturated carbocycles. The van der Waals surface area contributed by atoms with Crippen LogP contribution in [0.5, 0.6) is 0 Å². The number of nitrogens with one attached hydrogen (secondary N) is 1. The molecular formula is C12H12ClN3. The Kier molecular flexibility index (Phi) is 4.64. The molecule has 3 nitrogen and oxygen atoms in total. The molecule has 82 valence electrons. The van der Waals surface area contributed by atoms with Crippen molar-refractivity contribution in [2.75, 3.05) is 5.32 Å². The van der Waals surface area contributed by atoms with Crippen LogP contribution in [0.25, 0.3) is 0 Å². The molecule has 1 aromatic rings. The number of rotatable bonds is 4. The van der Waals surface area contributed by atoms with Crippen molar-refractivity contribution in [3.8, 4) is 12.1 Å². The van der Waals surface area contributed by atoms with Gasteiger partial charge in [-0.05, 0) is 24.6 Å². The van der Waals surface area contributed by atoms with Crippen LogP contribution in [-0.2, 0) is 0 Å². The molecule has 0 aliphatic heterocycles. The summed E-state index contributed by atoms with van der Waals surface area (Å²) in [5.74, 6) is 0. The molecule has 0 heterocycles. The molecule has 0 amide bonds. The van der Waals surface area contributed by atoms with Gasteiger partial charge in [-0.25, -0.2) is 0 Å². The number of nitriles is 2. The summed E-state index contributed by atoms with van der Waals surface area (Å²) in [4.78, 5) is 0. The number of anilines is 1. The average molecular weight is 234 g/mol. The van der Waals surface area contributed by atoms with E-state index in [0.717, 1.165) is 12.1 Å². The third-order valence-electron chi connectivity index (χ3n) is 2.29. The Morgan fingerprint density at radius 1 is 1.44 bits per heavy atom. The fourth-order valence-corrected chi connectivity index (χ4v) is 1.56. The number of hydrogen-bond donors (Lipinski definition) is 1. The highest BCUT2D eigenvalue weighted by Gasteiger charge is 2.06. The van der Waals surface area contributed by atoms with E-state index >= 15 is 0 Å². The van der Waals surface area contributed by atoms with Crippen molar-refractivity contribution < 1.29 is 0 Å². The zero-order valence-electron chi connectivity index (χ0n) is 9.00. The summed E-state index contributed by atoms with van der Waals surface area (Å²) < 4.78 is 0. The summed E-state index contributed by atoms with van der Waals surface area (Å²) in [6.07, 6.45) is 1.32. The maximum absolute atomic E-state index is 8.72. The van der Waals surface area contributed by atoms with Crippen LogP contribution in [0.2, 0.25) is 5.02 Å². The van der Waals surface area contributed by atoms with Crippen LogP contribution in [0.4, 0.5) is 5.69 Å². The molecule has 1 unspecified atom stereocenters. The van der Waals surface area contributed by atoms with Crippen molar-refractivity contribution in [2.45, 2.75) is 25.8 Å². The first-order chi connectivity index (χ1) is 7.71. The monoisotopic (exact) mass is 233 g/mol. The summed E-state index contributed by atoms with van der Waals surface area (Å²) >= 11 is 5.91. The van der Waals surface area contributed by atoms with Crippen LogP contribution in [0, 0.1) is 22.7 Å². The second kappa shape index (κ2) is 6.00. The zero-order valence-corrected chi connectivity index (χ0v) is 9.75. The average Bonchev–Trinajstić information content (AvgIpc) is 2.28. The van der Waals surface area contributed by atoms with Crippen molar-refractivity contribution >= 4 is 17.3 Å². The molecule has 1 N–H and O–H groups in total. The first-order valence-corrected chi connectivity index (χ1v) is 5.42. The number of hydrogen-bond acceptors (Lipinski definition) is 3. The molecule has 1 atom stereocenters.